The third-order valence-corrected chi connectivity index (χ3v) is 9.93. The lowest BCUT2D eigenvalue weighted by Crippen LogP contribution is -2.52. The first-order chi connectivity index (χ1) is 24.8. The van der Waals surface area contributed by atoms with Crippen LogP contribution in [0.3, 0.4) is 0 Å². The third kappa shape index (κ3) is 12.0. The second kappa shape index (κ2) is 18.9. The molecule has 12 heteroatoms. The number of thiophene rings is 1. The minimum absolute atomic E-state index is 0.0226. The van der Waals surface area contributed by atoms with Crippen molar-refractivity contribution >= 4 is 52.7 Å². The largest absolute Gasteiger partial charge is 0.494 e. The molecular weight excluding hydrogens is 681 g/mol. The van der Waals surface area contributed by atoms with E-state index in [-0.39, 0.29) is 11.8 Å². The molecule has 52 heavy (non-hydrogen) atoms. The molecule has 1 aliphatic rings. The van der Waals surface area contributed by atoms with Crippen LogP contribution >= 0.6 is 11.3 Å². The second-order valence-corrected chi connectivity index (χ2v) is 14.8. The van der Waals surface area contributed by atoms with Crippen LogP contribution in [0.5, 0.6) is 5.75 Å². The lowest BCUT2D eigenvalue weighted by Gasteiger charge is -2.21. The van der Waals surface area contributed by atoms with Crippen LogP contribution in [0.25, 0.3) is 5.57 Å². The number of carbonyl (C=O) groups excluding carboxylic acids is 2. The molecule has 3 aromatic rings. The molecule has 0 saturated carbocycles. The Kier molecular flexibility index (Phi) is 14.5. The summed E-state index contributed by atoms with van der Waals surface area (Å²) in [7, 11) is 0. The fraction of sp³-hybridized carbons (Fsp3) is 0.400. The molecule has 11 nitrogen and oxygen atoms in total. The minimum atomic E-state index is -1.66. The molecule has 2 atom stereocenters. The van der Waals surface area contributed by atoms with Crippen molar-refractivity contribution in [2.75, 3.05) is 13.2 Å². The second-order valence-electron chi connectivity index (χ2n) is 13.7. The van der Waals surface area contributed by atoms with Crippen molar-refractivity contribution in [3.8, 4) is 5.75 Å². The molecule has 0 radical (unpaired) electrons. The maximum Gasteiger partial charge on any atom is 0.326 e. The SMILES string of the molecule is CCCCCCCOc1ccc(C2=CCN=C(c3ccc(C[C@H](NC(=O)c4ccc(C(C)(C)C)s4)C(=O)N[C@H](CC(=O)O)C(=O)O)cc3)N=C2)cc1. The van der Waals surface area contributed by atoms with E-state index in [1.807, 2.05) is 69.3 Å². The first-order valence-corrected chi connectivity index (χ1v) is 18.4. The molecule has 0 unspecified atom stereocenters. The molecule has 1 aliphatic heterocycles. The summed E-state index contributed by atoms with van der Waals surface area (Å²) in [4.78, 5) is 60.2. The van der Waals surface area contributed by atoms with E-state index in [0.717, 1.165) is 33.7 Å². The van der Waals surface area contributed by atoms with Crippen molar-refractivity contribution < 1.29 is 34.1 Å². The van der Waals surface area contributed by atoms with Gasteiger partial charge in [-0.05, 0) is 52.8 Å². The van der Waals surface area contributed by atoms with Crippen molar-refractivity contribution in [3.05, 3.63) is 93.2 Å². The highest BCUT2D eigenvalue weighted by Gasteiger charge is 2.29. The van der Waals surface area contributed by atoms with Gasteiger partial charge in [-0.3, -0.25) is 19.4 Å². The van der Waals surface area contributed by atoms with Gasteiger partial charge in [0.1, 0.15) is 17.8 Å². The molecule has 0 fully saturated rings. The number of benzene rings is 2. The summed E-state index contributed by atoms with van der Waals surface area (Å²) in [5, 5.41) is 23.7. The number of aliphatic imine (C=N–C) groups is 2. The van der Waals surface area contributed by atoms with E-state index in [9.17, 15) is 24.3 Å². The topological polar surface area (TPSA) is 167 Å². The number of rotatable bonds is 18. The van der Waals surface area contributed by atoms with Crippen molar-refractivity contribution in [1.29, 1.82) is 0 Å². The number of carbonyl (C=O) groups is 4. The zero-order valence-electron chi connectivity index (χ0n) is 30.2. The van der Waals surface area contributed by atoms with Crippen LogP contribution in [0, 0.1) is 0 Å². The quantitative estimate of drug-likeness (QED) is 0.106. The molecule has 4 rings (SSSR count). The third-order valence-electron chi connectivity index (χ3n) is 8.42. The minimum Gasteiger partial charge on any atom is -0.494 e. The van der Waals surface area contributed by atoms with Crippen LogP contribution in [-0.4, -0.2) is 71.3 Å². The number of unbranched alkanes of at least 4 members (excludes halogenated alkanes) is 4. The molecule has 2 aromatic carbocycles. The maximum absolute atomic E-state index is 13.4. The van der Waals surface area contributed by atoms with Crippen LogP contribution in [0.4, 0.5) is 0 Å². The maximum atomic E-state index is 13.4. The Labute approximate surface area is 308 Å². The fourth-order valence-corrected chi connectivity index (χ4v) is 6.39. The summed E-state index contributed by atoms with van der Waals surface area (Å²) < 4.78 is 5.90. The number of carboxylic acids is 2. The van der Waals surface area contributed by atoms with Gasteiger partial charge in [-0.15, -0.1) is 11.3 Å². The number of amidine groups is 1. The van der Waals surface area contributed by atoms with Gasteiger partial charge in [0.25, 0.3) is 5.91 Å². The summed E-state index contributed by atoms with van der Waals surface area (Å²) in [5.74, 6) is -2.80. The summed E-state index contributed by atoms with van der Waals surface area (Å²) in [6.07, 6.45) is 8.94. The monoisotopic (exact) mass is 728 g/mol. The lowest BCUT2D eigenvalue weighted by atomic mass is 9.95. The van der Waals surface area contributed by atoms with Crippen molar-refractivity contribution in [2.45, 2.75) is 90.1 Å². The molecule has 2 heterocycles. The van der Waals surface area contributed by atoms with Crippen LogP contribution in [0.1, 0.15) is 97.5 Å². The Morgan fingerprint density at radius 1 is 0.865 bits per heavy atom. The molecule has 0 spiro atoms. The number of hydrogen-bond acceptors (Lipinski definition) is 8. The van der Waals surface area contributed by atoms with Gasteiger partial charge in [-0.1, -0.05) is 95.9 Å². The smallest absolute Gasteiger partial charge is 0.326 e. The number of hydrogen-bond donors (Lipinski definition) is 4. The van der Waals surface area contributed by atoms with E-state index in [2.05, 4.69) is 27.5 Å². The van der Waals surface area contributed by atoms with Crippen molar-refractivity contribution in [2.24, 2.45) is 9.98 Å². The Bertz CT molecular complexity index is 1790. The number of amides is 2. The van der Waals surface area contributed by atoms with E-state index < -0.39 is 42.3 Å². The van der Waals surface area contributed by atoms with Gasteiger partial charge in [-0.2, -0.15) is 0 Å². The first-order valence-electron chi connectivity index (χ1n) is 17.6. The van der Waals surface area contributed by atoms with Crippen molar-refractivity contribution in [1.82, 2.24) is 10.6 Å². The molecule has 0 bridgehead atoms. The van der Waals surface area contributed by atoms with Gasteiger partial charge in [0.2, 0.25) is 5.91 Å². The number of ether oxygens (including phenoxy) is 1. The number of carboxylic acid groups (broad SMARTS) is 2. The molecule has 4 N–H and O–H groups in total. The predicted octanol–water partition coefficient (Wildman–Crippen LogP) is 6.69. The standard InChI is InChI=1S/C40H48N4O7S/c1-5-6-7-8-9-22-51-30-16-14-27(15-17-30)29-20-21-41-36(42-25-29)28-12-10-26(11-13-28)23-31(37(47)44-32(39(49)50)24-35(45)46)43-38(48)33-18-19-34(52-33)40(2,3)4/h10-20,25,31-32H,5-9,21-24H2,1-4H3,(H,43,48)(H,44,47)(H,45,46)(H,49,50)/t31-,32+/m0/s1. The van der Waals surface area contributed by atoms with Gasteiger partial charge in [0, 0.05) is 23.1 Å². The Hall–Kier alpha value is -5.10. The van der Waals surface area contributed by atoms with E-state index in [1.165, 1.54) is 37.0 Å². The Morgan fingerprint density at radius 2 is 1.56 bits per heavy atom. The first kappa shape index (κ1) is 39.7. The van der Waals surface area contributed by atoms with Crippen LogP contribution in [0.15, 0.2) is 76.7 Å². The van der Waals surface area contributed by atoms with E-state index in [0.29, 0.717) is 29.4 Å². The predicted molar refractivity (Wildman–Crippen MR) is 205 cm³/mol. The molecule has 2 amide bonds. The van der Waals surface area contributed by atoms with E-state index in [1.54, 1.807) is 24.4 Å². The number of nitrogens with zero attached hydrogens (tertiary/aromatic N) is 2. The zero-order valence-corrected chi connectivity index (χ0v) is 31.0. The van der Waals surface area contributed by atoms with Gasteiger partial charge >= 0.3 is 11.9 Å². The molecule has 276 valence electrons. The lowest BCUT2D eigenvalue weighted by molar-refractivity contribution is -0.147. The van der Waals surface area contributed by atoms with Crippen LogP contribution in [0.2, 0.25) is 0 Å². The van der Waals surface area contributed by atoms with Crippen LogP contribution in [-0.2, 0) is 26.2 Å². The summed E-state index contributed by atoms with van der Waals surface area (Å²) >= 11 is 1.31. The average Bonchev–Trinajstić information content (AvgIpc) is 3.50. The van der Waals surface area contributed by atoms with Crippen molar-refractivity contribution in [3.63, 3.8) is 0 Å². The van der Waals surface area contributed by atoms with Gasteiger partial charge in [-0.25, -0.2) is 9.79 Å². The Balaban J connectivity index is 1.42. The number of nitrogens with one attached hydrogen (secondary N) is 2. The Morgan fingerprint density at radius 3 is 2.19 bits per heavy atom. The molecule has 0 saturated heterocycles. The fourth-order valence-electron chi connectivity index (χ4n) is 5.43. The van der Waals surface area contributed by atoms with Gasteiger partial charge in [0.05, 0.1) is 24.4 Å². The highest BCUT2D eigenvalue weighted by molar-refractivity contribution is 7.14. The molecule has 1 aromatic heterocycles. The number of aliphatic carboxylic acids is 2. The van der Waals surface area contributed by atoms with Gasteiger partial charge in [0.15, 0.2) is 5.84 Å². The molecular formula is C40H48N4O7S. The molecule has 0 aliphatic carbocycles. The van der Waals surface area contributed by atoms with Crippen LogP contribution < -0.4 is 15.4 Å². The van der Waals surface area contributed by atoms with Gasteiger partial charge < -0.3 is 25.6 Å². The zero-order chi connectivity index (χ0) is 37.7. The van der Waals surface area contributed by atoms with E-state index in [4.69, 9.17) is 9.84 Å². The summed E-state index contributed by atoms with van der Waals surface area (Å²) in [5.41, 5.74) is 3.20. The van der Waals surface area contributed by atoms with E-state index >= 15 is 0 Å². The normalized spacial score (nSPS) is 14.0. The summed E-state index contributed by atoms with van der Waals surface area (Å²) in [6.45, 7) is 9.43. The summed E-state index contributed by atoms with van der Waals surface area (Å²) in [6, 6.07) is 15.9. The average molecular weight is 729 g/mol. The number of allylic oxidation sites excluding steroid dienone is 1. The highest BCUT2D eigenvalue weighted by Crippen LogP contribution is 2.29. The highest BCUT2D eigenvalue weighted by atomic mass is 32.1.